The van der Waals surface area contributed by atoms with Gasteiger partial charge in [-0.1, -0.05) is 33.9 Å². The van der Waals surface area contributed by atoms with Crippen LogP contribution < -0.4 is 0 Å². The molecule has 2 rings (SSSR count). The topological polar surface area (TPSA) is 28.7 Å². The van der Waals surface area contributed by atoms with Gasteiger partial charge in [-0.2, -0.15) is 5.26 Å². The second-order valence-electron chi connectivity index (χ2n) is 6.50. The Bertz CT molecular complexity index is 672. The van der Waals surface area contributed by atoms with E-state index >= 15 is 0 Å². The number of nitrogens with zero attached hydrogens (tertiary/aromatic N) is 2. The summed E-state index contributed by atoms with van der Waals surface area (Å²) in [6.07, 6.45) is 2.25. The molecule has 100 valence electrons. The van der Waals surface area contributed by atoms with Crippen LogP contribution >= 0.6 is 22.6 Å². The molecular weight excluding hydrogens is 363 g/mol. The fraction of sp³-hybridized carbons (Fsp3) is 0.400. The second-order valence-corrected chi connectivity index (χ2v) is 12.8. The van der Waals surface area contributed by atoms with Crippen LogP contribution in [0.25, 0.3) is 10.9 Å². The summed E-state index contributed by atoms with van der Waals surface area (Å²) >= 11 is 2.37. The fourth-order valence-electron chi connectivity index (χ4n) is 2.08. The predicted molar refractivity (Wildman–Crippen MR) is 92.0 cm³/mol. The van der Waals surface area contributed by atoms with Gasteiger partial charge in [0.2, 0.25) is 0 Å². The summed E-state index contributed by atoms with van der Waals surface area (Å²) < 4.78 is 3.71. The van der Waals surface area contributed by atoms with Crippen LogP contribution in [0.15, 0.2) is 24.4 Å². The predicted octanol–water partition coefficient (Wildman–Crippen LogP) is 4.97. The van der Waals surface area contributed by atoms with Crippen LogP contribution in [0, 0.1) is 14.9 Å². The minimum atomic E-state index is -1.62. The molecular formula is C15H19IN2Si. The van der Waals surface area contributed by atoms with Crippen molar-refractivity contribution in [2.45, 2.75) is 38.9 Å². The van der Waals surface area contributed by atoms with Crippen molar-refractivity contribution in [3.05, 3.63) is 33.5 Å². The van der Waals surface area contributed by atoms with Gasteiger partial charge in [0.15, 0.2) is 8.24 Å². The summed E-state index contributed by atoms with van der Waals surface area (Å²) in [4.78, 5) is 0. The first kappa shape index (κ1) is 14.6. The molecule has 0 bridgehead atoms. The van der Waals surface area contributed by atoms with E-state index in [-0.39, 0.29) is 5.04 Å². The van der Waals surface area contributed by atoms with Gasteiger partial charge in [-0.3, -0.25) is 0 Å². The smallest absolute Gasteiger partial charge is 0.161 e. The first-order valence-corrected chi connectivity index (χ1v) is 10.4. The zero-order chi connectivity index (χ0) is 14.4. The lowest BCUT2D eigenvalue weighted by molar-refractivity contribution is 0.703. The maximum Gasteiger partial charge on any atom is 0.161 e. The third-order valence-electron chi connectivity index (χ3n) is 4.32. The lowest BCUT2D eigenvalue weighted by atomic mass is 10.2. The normalized spacial score (nSPS) is 12.7. The van der Waals surface area contributed by atoms with E-state index in [2.05, 4.69) is 79.0 Å². The molecule has 4 heteroatoms. The Morgan fingerprint density at radius 2 is 1.89 bits per heavy atom. The van der Waals surface area contributed by atoms with Gasteiger partial charge in [0.1, 0.15) is 0 Å². The highest BCUT2D eigenvalue weighted by Crippen LogP contribution is 2.39. The molecule has 0 fully saturated rings. The average Bonchev–Trinajstić information content (AvgIpc) is 2.65. The van der Waals surface area contributed by atoms with Crippen molar-refractivity contribution in [3.8, 4) is 6.07 Å². The molecule has 0 radical (unpaired) electrons. The zero-order valence-electron chi connectivity index (χ0n) is 12.1. The van der Waals surface area contributed by atoms with Crippen LogP contribution in [-0.2, 0) is 0 Å². The van der Waals surface area contributed by atoms with E-state index in [1.165, 1.54) is 14.5 Å². The molecule has 1 heterocycles. The van der Waals surface area contributed by atoms with E-state index in [9.17, 15) is 0 Å². The molecule has 0 aliphatic carbocycles. The fourth-order valence-corrected chi connectivity index (χ4v) is 5.03. The largest absolute Gasteiger partial charge is 0.373 e. The number of halogens is 1. The van der Waals surface area contributed by atoms with Crippen LogP contribution in [0.2, 0.25) is 18.1 Å². The Labute approximate surface area is 129 Å². The van der Waals surface area contributed by atoms with Crippen molar-refractivity contribution in [2.24, 2.45) is 0 Å². The van der Waals surface area contributed by atoms with Crippen molar-refractivity contribution in [2.75, 3.05) is 0 Å². The minimum Gasteiger partial charge on any atom is -0.373 e. The van der Waals surface area contributed by atoms with Gasteiger partial charge in [0, 0.05) is 20.7 Å². The van der Waals surface area contributed by atoms with Crippen molar-refractivity contribution in [1.82, 2.24) is 4.23 Å². The number of nitriles is 1. The molecule has 0 unspecified atom stereocenters. The van der Waals surface area contributed by atoms with E-state index in [0.29, 0.717) is 0 Å². The second kappa shape index (κ2) is 4.64. The molecule has 0 saturated carbocycles. The zero-order valence-corrected chi connectivity index (χ0v) is 15.2. The molecule has 1 aromatic carbocycles. The van der Waals surface area contributed by atoms with Crippen molar-refractivity contribution < 1.29 is 0 Å². The minimum absolute atomic E-state index is 0.288. The Morgan fingerprint density at radius 3 is 2.42 bits per heavy atom. The first-order chi connectivity index (χ1) is 8.68. The van der Waals surface area contributed by atoms with Crippen LogP contribution in [0.3, 0.4) is 0 Å². The van der Waals surface area contributed by atoms with Crippen molar-refractivity contribution >= 4 is 41.7 Å². The molecule has 0 spiro atoms. The van der Waals surface area contributed by atoms with Gasteiger partial charge < -0.3 is 4.23 Å². The summed E-state index contributed by atoms with van der Waals surface area (Å²) in [7, 11) is -1.62. The molecule has 0 saturated heterocycles. The average molecular weight is 382 g/mol. The van der Waals surface area contributed by atoms with Gasteiger partial charge in [0.05, 0.1) is 11.6 Å². The van der Waals surface area contributed by atoms with Crippen molar-refractivity contribution in [3.63, 3.8) is 0 Å². The summed E-state index contributed by atoms with van der Waals surface area (Å²) in [6, 6.07) is 8.24. The highest BCUT2D eigenvalue weighted by molar-refractivity contribution is 14.1. The van der Waals surface area contributed by atoms with Gasteiger partial charge in [-0.05, 0) is 45.8 Å². The van der Waals surface area contributed by atoms with Crippen molar-refractivity contribution in [1.29, 1.82) is 5.26 Å². The number of rotatable bonds is 1. The summed E-state index contributed by atoms with van der Waals surface area (Å²) in [5, 5.41) is 10.5. The summed E-state index contributed by atoms with van der Waals surface area (Å²) in [5.74, 6) is 0. The summed E-state index contributed by atoms with van der Waals surface area (Å²) in [5.41, 5.74) is 1.99. The van der Waals surface area contributed by atoms with Gasteiger partial charge in [0.25, 0.3) is 0 Å². The Kier molecular flexibility index (Phi) is 3.56. The molecule has 2 aromatic rings. The third-order valence-corrected chi connectivity index (χ3v) is 10.4. The number of hydrogen-bond donors (Lipinski definition) is 0. The van der Waals surface area contributed by atoms with E-state index in [1.54, 1.807) is 0 Å². The number of aromatic nitrogens is 1. The Hall–Kier alpha value is -0.803. The van der Waals surface area contributed by atoms with Crippen LogP contribution in [-0.4, -0.2) is 12.5 Å². The molecule has 1 aromatic heterocycles. The molecule has 0 aliphatic rings. The third kappa shape index (κ3) is 2.34. The lowest BCUT2D eigenvalue weighted by Crippen LogP contribution is -2.44. The molecule has 0 N–H and O–H groups in total. The monoisotopic (exact) mass is 382 g/mol. The quantitative estimate of drug-likeness (QED) is 0.506. The Balaban J connectivity index is 2.74. The molecule has 19 heavy (non-hydrogen) atoms. The number of fused-ring (bicyclic) bond motifs is 1. The highest BCUT2D eigenvalue weighted by atomic mass is 127. The first-order valence-electron chi connectivity index (χ1n) is 6.39. The highest BCUT2D eigenvalue weighted by Gasteiger charge is 2.38. The van der Waals surface area contributed by atoms with E-state index in [0.717, 1.165) is 5.56 Å². The summed E-state index contributed by atoms with van der Waals surface area (Å²) in [6.45, 7) is 11.8. The number of benzene rings is 1. The molecule has 2 nitrogen and oxygen atoms in total. The Morgan fingerprint density at radius 1 is 1.26 bits per heavy atom. The SMILES string of the molecule is CC(C)(C)[Si](C)(C)n1cc(I)c2cc(C#N)ccc21. The maximum atomic E-state index is 9.03. The maximum absolute atomic E-state index is 9.03. The molecule has 0 atom stereocenters. The van der Waals surface area contributed by atoms with Crippen LogP contribution in [0.5, 0.6) is 0 Å². The van der Waals surface area contributed by atoms with Gasteiger partial charge >= 0.3 is 0 Å². The van der Waals surface area contributed by atoms with E-state index in [1.807, 2.05) is 12.1 Å². The standard InChI is InChI=1S/C15H19IN2Si/c1-15(2,3)19(4,5)18-10-13(16)12-8-11(9-17)6-7-14(12)18/h6-8,10H,1-5H3. The van der Waals surface area contributed by atoms with Gasteiger partial charge in [-0.15, -0.1) is 0 Å². The number of hydrogen-bond acceptors (Lipinski definition) is 1. The lowest BCUT2D eigenvalue weighted by Gasteiger charge is -2.38. The van der Waals surface area contributed by atoms with Gasteiger partial charge in [-0.25, -0.2) is 0 Å². The molecule has 0 amide bonds. The van der Waals surface area contributed by atoms with Crippen LogP contribution in [0.4, 0.5) is 0 Å². The van der Waals surface area contributed by atoms with E-state index in [4.69, 9.17) is 5.26 Å². The van der Waals surface area contributed by atoms with E-state index < -0.39 is 8.24 Å². The molecule has 0 aliphatic heterocycles. The van der Waals surface area contributed by atoms with Crippen LogP contribution in [0.1, 0.15) is 26.3 Å².